The summed E-state index contributed by atoms with van der Waals surface area (Å²) in [5.41, 5.74) is 0.167. The molecule has 0 radical (unpaired) electrons. The van der Waals surface area contributed by atoms with Crippen molar-refractivity contribution in [2.75, 3.05) is 24.6 Å². The molecule has 1 aromatic rings. The minimum Gasteiger partial charge on any atom is -0.478 e. The van der Waals surface area contributed by atoms with E-state index in [0.717, 1.165) is 0 Å². The first kappa shape index (κ1) is 25.6. The average Bonchev–Trinajstić information content (AvgIpc) is 2.68. The molecule has 5 heteroatoms. The van der Waals surface area contributed by atoms with Crippen molar-refractivity contribution in [3.8, 4) is 0 Å². The minimum atomic E-state index is -1.06. The predicted molar refractivity (Wildman–Crippen MR) is 119 cm³/mol. The molecule has 0 saturated carbocycles. The summed E-state index contributed by atoms with van der Waals surface area (Å²) in [4.78, 5) is 20.7. The van der Waals surface area contributed by atoms with Crippen molar-refractivity contribution in [3.05, 3.63) is 35.4 Å². The van der Waals surface area contributed by atoms with E-state index in [1.54, 1.807) is 18.5 Å². The van der Waals surface area contributed by atoms with Gasteiger partial charge in [-0.2, -0.15) is 0 Å². The minimum absolute atomic E-state index is 0.0833. The second-order valence-electron chi connectivity index (χ2n) is 7.35. The van der Waals surface area contributed by atoms with E-state index in [0.29, 0.717) is 0 Å². The predicted octanol–water partition coefficient (Wildman–Crippen LogP) is 6.24. The maximum atomic E-state index is 10.3. The Hall–Kier alpha value is -1.41. The monoisotopic (exact) mass is 398 g/mol. The van der Waals surface area contributed by atoms with Crippen molar-refractivity contribution in [1.82, 2.24) is 0 Å². The Morgan fingerprint density at radius 1 is 0.704 bits per heavy atom. The first-order valence-electron chi connectivity index (χ1n) is 10.4. The van der Waals surface area contributed by atoms with Crippen LogP contribution in [0, 0.1) is 0 Å². The van der Waals surface area contributed by atoms with Crippen LogP contribution in [0.25, 0.3) is 0 Å². The molecule has 0 spiro atoms. The fourth-order valence-corrected chi connectivity index (χ4v) is 8.44. The molecule has 2 N–H and O–H groups in total. The second-order valence-corrected chi connectivity index (χ2v) is 12.6. The van der Waals surface area contributed by atoms with Crippen molar-refractivity contribution >= 4 is 19.2 Å². The normalized spacial score (nSPS) is 11.4. The van der Waals surface area contributed by atoms with Gasteiger partial charge in [0.05, 0.1) is 11.1 Å². The number of rotatable bonds is 12. The van der Waals surface area contributed by atoms with Crippen LogP contribution < -0.4 is 0 Å². The van der Waals surface area contributed by atoms with Crippen molar-refractivity contribution in [2.45, 2.75) is 66.2 Å². The molecular weight excluding hydrogens is 359 g/mol. The van der Waals surface area contributed by atoms with Crippen molar-refractivity contribution in [3.63, 3.8) is 0 Å². The van der Waals surface area contributed by atoms with Crippen LogP contribution in [0.4, 0.5) is 0 Å². The molecule has 0 amide bonds. The van der Waals surface area contributed by atoms with E-state index in [-0.39, 0.29) is 11.1 Å². The van der Waals surface area contributed by atoms with Crippen LogP contribution >= 0.6 is 7.26 Å². The topological polar surface area (TPSA) is 74.6 Å². The molecule has 156 valence electrons. The molecule has 1 rings (SSSR count). The van der Waals surface area contributed by atoms with Crippen LogP contribution in [-0.4, -0.2) is 46.8 Å². The Morgan fingerprint density at radius 2 is 1.00 bits per heavy atom. The summed E-state index contributed by atoms with van der Waals surface area (Å²) < 4.78 is 0. The van der Waals surface area contributed by atoms with Gasteiger partial charge in [0.2, 0.25) is 0 Å². The summed E-state index contributed by atoms with van der Waals surface area (Å²) in [7, 11) is -0.832. The van der Waals surface area contributed by atoms with E-state index >= 15 is 0 Å². The standard InChI is InChI=1S/C14H33P.C8H6O4/c1-5-9-12-15(8-4,13-10-6-2)14-11-7-3;9-7(10)5-1-2-6(4-3-5)8(11)12/h15H,5-14H2,1-4H3;1-4H,(H,9,10)(H,11,12). The Kier molecular flexibility index (Phi) is 13.9. The molecule has 0 aliphatic heterocycles. The van der Waals surface area contributed by atoms with Gasteiger partial charge in [-0.1, -0.05) is 0 Å². The summed E-state index contributed by atoms with van der Waals surface area (Å²) in [6.07, 6.45) is 15.0. The third-order valence-corrected chi connectivity index (χ3v) is 11.1. The average molecular weight is 399 g/mol. The molecule has 0 saturated heterocycles. The first-order valence-corrected chi connectivity index (χ1v) is 13.2. The summed E-state index contributed by atoms with van der Waals surface area (Å²) in [6, 6.07) is 5.02. The Bertz CT molecular complexity index is 485. The summed E-state index contributed by atoms with van der Waals surface area (Å²) >= 11 is 0. The largest absolute Gasteiger partial charge is 0.478 e. The van der Waals surface area contributed by atoms with Gasteiger partial charge in [-0.15, -0.1) is 0 Å². The van der Waals surface area contributed by atoms with E-state index < -0.39 is 19.2 Å². The Balaban J connectivity index is 0.000000511. The number of hydrogen-bond donors (Lipinski definition) is 2. The zero-order valence-electron chi connectivity index (χ0n) is 17.6. The van der Waals surface area contributed by atoms with E-state index in [2.05, 4.69) is 27.7 Å². The van der Waals surface area contributed by atoms with Crippen LogP contribution in [0.5, 0.6) is 0 Å². The van der Waals surface area contributed by atoms with Crippen LogP contribution in [0.1, 0.15) is 86.9 Å². The molecular formula is C22H39O4P. The van der Waals surface area contributed by atoms with E-state index in [9.17, 15) is 9.59 Å². The van der Waals surface area contributed by atoms with Gasteiger partial charge in [0.25, 0.3) is 0 Å². The van der Waals surface area contributed by atoms with E-state index in [1.165, 1.54) is 69.0 Å². The number of benzene rings is 1. The SMILES string of the molecule is CCCC[PH](CC)(CCCC)CCCC.O=C(O)c1ccc(C(=O)O)cc1. The molecule has 27 heavy (non-hydrogen) atoms. The van der Waals surface area contributed by atoms with Gasteiger partial charge in [-0.25, -0.2) is 9.59 Å². The van der Waals surface area contributed by atoms with Gasteiger partial charge in [0.1, 0.15) is 0 Å². The summed E-state index contributed by atoms with van der Waals surface area (Å²) in [5.74, 6) is -2.13. The molecule has 4 nitrogen and oxygen atoms in total. The van der Waals surface area contributed by atoms with Gasteiger partial charge >= 0.3 is 110 Å². The van der Waals surface area contributed by atoms with Crippen molar-refractivity contribution < 1.29 is 19.8 Å². The number of hydrogen-bond acceptors (Lipinski definition) is 2. The number of carboxylic acids is 2. The quantitative estimate of drug-likeness (QED) is 0.409. The van der Waals surface area contributed by atoms with Gasteiger partial charge in [-0.3, -0.25) is 0 Å². The fraction of sp³-hybridized carbons (Fsp3) is 0.636. The molecule has 0 fully saturated rings. The van der Waals surface area contributed by atoms with Crippen LogP contribution in [0.15, 0.2) is 24.3 Å². The zero-order valence-corrected chi connectivity index (χ0v) is 18.6. The van der Waals surface area contributed by atoms with Gasteiger partial charge in [0, 0.05) is 0 Å². The summed E-state index contributed by atoms with van der Waals surface area (Å²) in [5, 5.41) is 16.9. The molecule has 0 bridgehead atoms. The fourth-order valence-electron chi connectivity index (χ4n) is 3.32. The number of aromatic carboxylic acids is 2. The third kappa shape index (κ3) is 10.5. The Labute approximate surface area is 165 Å². The smallest absolute Gasteiger partial charge is 0.335 e. The maximum Gasteiger partial charge on any atom is 0.335 e. The van der Waals surface area contributed by atoms with Crippen molar-refractivity contribution in [1.29, 1.82) is 0 Å². The molecule has 0 aromatic heterocycles. The second kappa shape index (κ2) is 14.6. The first-order chi connectivity index (χ1) is 12.9. The Morgan fingerprint density at radius 3 is 1.19 bits per heavy atom. The van der Waals surface area contributed by atoms with Crippen molar-refractivity contribution in [2.24, 2.45) is 0 Å². The molecule has 0 atom stereocenters. The number of unbranched alkanes of at least 4 members (excludes halogenated alkanes) is 3. The molecule has 1 aromatic carbocycles. The van der Waals surface area contributed by atoms with Crippen LogP contribution in [0.2, 0.25) is 0 Å². The maximum absolute atomic E-state index is 10.3. The number of carboxylic acid groups (broad SMARTS) is 2. The molecule has 0 unspecified atom stereocenters. The van der Waals surface area contributed by atoms with E-state index in [1.807, 2.05) is 0 Å². The van der Waals surface area contributed by atoms with Gasteiger partial charge < -0.3 is 10.2 Å². The van der Waals surface area contributed by atoms with Gasteiger partial charge in [-0.05, 0) is 24.3 Å². The molecule has 0 heterocycles. The van der Waals surface area contributed by atoms with E-state index in [4.69, 9.17) is 10.2 Å². The molecule has 0 aliphatic carbocycles. The third-order valence-electron chi connectivity index (χ3n) is 5.31. The van der Waals surface area contributed by atoms with Crippen LogP contribution in [0.3, 0.4) is 0 Å². The summed E-state index contributed by atoms with van der Waals surface area (Å²) in [6.45, 7) is 9.49. The van der Waals surface area contributed by atoms with Crippen LogP contribution in [-0.2, 0) is 0 Å². The van der Waals surface area contributed by atoms with Gasteiger partial charge in [0.15, 0.2) is 0 Å². The zero-order chi connectivity index (χ0) is 20.7. The number of carbonyl (C=O) groups is 2. The molecule has 0 aliphatic rings.